The summed E-state index contributed by atoms with van der Waals surface area (Å²) in [6.07, 6.45) is 12.7. The van der Waals surface area contributed by atoms with E-state index in [2.05, 4.69) is 83.1 Å². The SMILES string of the molecule is CC(C)(C)CCCCC(C)(C)C(=O)[O][Sn]([O]C(=O)C(C)(C)CCCCC(C)(C)C)([O]C(=O)C(C)(C)CCCCC(C)(C)C)[O]C(=O)C(C)(C)CCCCC(C)(C)C. The Morgan fingerprint density at radius 1 is 0.281 bits per heavy atom. The Morgan fingerprint density at radius 2 is 0.421 bits per heavy atom. The first kappa shape index (κ1) is 55.7. The van der Waals surface area contributed by atoms with E-state index in [0.717, 1.165) is 77.0 Å². The molecule has 0 bridgehead atoms. The van der Waals surface area contributed by atoms with Gasteiger partial charge in [-0.15, -0.1) is 0 Å². The van der Waals surface area contributed by atoms with Gasteiger partial charge in [-0.05, 0) is 0 Å². The van der Waals surface area contributed by atoms with Crippen LogP contribution in [-0.2, 0) is 31.5 Å². The Hall–Kier alpha value is -1.32. The quantitative estimate of drug-likeness (QED) is 0.0696. The number of rotatable bonds is 24. The van der Waals surface area contributed by atoms with Crippen molar-refractivity contribution in [3.05, 3.63) is 0 Å². The van der Waals surface area contributed by atoms with Crippen molar-refractivity contribution in [2.24, 2.45) is 43.3 Å². The predicted octanol–water partition coefficient (Wildman–Crippen LogP) is 14.1. The summed E-state index contributed by atoms with van der Waals surface area (Å²) in [5, 5.41) is 0. The van der Waals surface area contributed by atoms with Crippen LogP contribution in [0.15, 0.2) is 0 Å². The Morgan fingerprint density at radius 3 is 0.561 bits per heavy atom. The van der Waals surface area contributed by atoms with Crippen LogP contribution < -0.4 is 0 Å². The molecular weight excluding hydrogens is 823 g/mol. The van der Waals surface area contributed by atoms with E-state index in [-0.39, 0.29) is 21.7 Å². The minimum absolute atomic E-state index is 0.158. The van der Waals surface area contributed by atoms with E-state index in [0.29, 0.717) is 25.7 Å². The number of hydrogen-bond donors (Lipinski definition) is 0. The maximum absolute atomic E-state index is 14.3. The van der Waals surface area contributed by atoms with Gasteiger partial charge in [0.15, 0.2) is 0 Å². The molecule has 0 aliphatic carbocycles. The fourth-order valence-electron chi connectivity index (χ4n) is 6.43. The fraction of sp³-hybridized carbons (Fsp3) is 0.917. The van der Waals surface area contributed by atoms with Crippen LogP contribution in [0, 0.1) is 43.3 Å². The summed E-state index contributed by atoms with van der Waals surface area (Å²) in [6.45, 7) is 40.6. The van der Waals surface area contributed by atoms with E-state index in [1.54, 1.807) is 55.4 Å². The molecule has 0 rings (SSSR count). The van der Waals surface area contributed by atoms with Gasteiger partial charge >= 0.3 is 360 Å². The van der Waals surface area contributed by atoms with E-state index in [1.807, 2.05) is 0 Å². The van der Waals surface area contributed by atoms with Gasteiger partial charge < -0.3 is 0 Å². The number of carbonyl (C=O) groups is 4. The third-order valence-electron chi connectivity index (χ3n) is 11.0. The second-order valence-corrected chi connectivity index (χ2v) is 29.8. The van der Waals surface area contributed by atoms with Gasteiger partial charge in [0, 0.05) is 0 Å². The van der Waals surface area contributed by atoms with Crippen LogP contribution in [0.1, 0.15) is 241 Å². The molecule has 0 unspecified atom stereocenters. The van der Waals surface area contributed by atoms with Crippen LogP contribution in [0.25, 0.3) is 0 Å². The zero-order valence-electron chi connectivity index (χ0n) is 41.1. The van der Waals surface area contributed by atoms with E-state index in [9.17, 15) is 19.2 Å². The predicted molar refractivity (Wildman–Crippen MR) is 237 cm³/mol. The molecule has 336 valence electrons. The molecule has 0 amide bonds. The molecule has 0 aromatic heterocycles. The Kier molecular flexibility index (Phi) is 21.5. The first-order valence-corrected chi connectivity index (χ1v) is 26.9. The van der Waals surface area contributed by atoms with Crippen molar-refractivity contribution in [2.75, 3.05) is 0 Å². The molecule has 9 heteroatoms. The summed E-state index contributed by atoms with van der Waals surface area (Å²) in [5.41, 5.74) is -3.48. The molecule has 8 nitrogen and oxygen atoms in total. The van der Waals surface area contributed by atoms with Crippen LogP contribution in [0.3, 0.4) is 0 Å². The molecular formula is C48H92O8Sn. The van der Waals surface area contributed by atoms with Crippen LogP contribution in [0.2, 0.25) is 0 Å². The topological polar surface area (TPSA) is 105 Å². The van der Waals surface area contributed by atoms with Gasteiger partial charge in [0.25, 0.3) is 0 Å². The first-order valence-electron chi connectivity index (χ1n) is 22.3. The van der Waals surface area contributed by atoms with Gasteiger partial charge in [0.1, 0.15) is 0 Å². The molecule has 0 aromatic rings. The van der Waals surface area contributed by atoms with Crippen molar-refractivity contribution in [3.8, 4) is 0 Å². The molecule has 0 heterocycles. The monoisotopic (exact) mass is 917 g/mol. The first-order chi connectivity index (χ1) is 25.3. The zero-order valence-corrected chi connectivity index (χ0v) is 43.9. The van der Waals surface area contributed by atoms with Crippen molar-refractivity contribution in [1.29, 1.82) is 0 Å². The standard InChI is InChI=1S/4C12H24O2.Sn/c4*1-11(2,3)8-6-7-9-12(4,5)10(13)14;/h4*6-9H2,1-5H3,(H,13,14);/q;;;;+4/p-4. The van der Waals surface area contributed by atoms with Crippen LogP contribution in [0.5, 0.6) is 0 Å². The molecule has 0 aromatic carbocycles. The zero-order chi connectivity index (χ0) is 45.0. The second-order valence-electron chi connectivity index (χ2n) is 24.7. The average Bonchev–Trinajstić information content (AvgIpc) is 3.00. The fourth-order valence-corrected chi connectivity index (χ4v) is 12.9. The molecule has 0 saturated carbocycles. The minimum atomic E-state index is -6.29. The molecule has 0 aliphatic rings. The van der Waals surface area contributed by atoms with Crippen LogP contribution in [0.4, 0.5) is 0 Å². The van der Waals surface area contributed by atoms with Crippen molar-refractivity contribution >= 4 is 43.9 Å². The van der Waals surface area contributed by atoms with Gasteiger partial charge in [-0.3, -0.25) is 0 Å². The molecule has 0 atom stereocenters. The van der Waals surface area contributed by atoms with Gasteiger partial charge in [-0.1, -0.05) is 0 Å². The third kappa shape index (κ3) is 24.5. The van der Waals surface area contributed by atoms with Crippen LogP contribution in [-0.4, -0.2) is 43.9 Å². The summed E-state index contributed by atoms with van der Waals surface area (Å²) >= 11 is -6.29. The maximum atomic E-state index is 14.3. The number of unbranched alkanes of at least 4 members (excludes halogenated alkanes) is 4. The normalized spacial score (nSPS) is 14.0. The summed E-state index contributed by atoms with van der Waals surface area (Å²) in [5.74, 6) is -2.79. The van der Waals surface area contributed by atoms with Gasteiger partial charge in [-0.25, -0.2) is 0 Å². The van der Waals surface area contributed by atoms with Gasteiger partial charge in [0.2, 0.25) is 0 Å². The summed E-state index contributed by atoms with van der Waals surface area (Å²) in [4.78, 5) is 57.3. The average molecular weight is 916 g/mol. The number of hydrogen-bond acceptors (Lipinski definition) is 8. The summed E-state index contributed by atoms with van der Waals surface area (Å²) < 4.78 is 25.0. The summed E-state index contributed by atoms with van der Waals surface area (Å²) in [7, 11) is 0. The van der Waals surface area contributed by atoms with Gasteiger partial charge in [-0.2, -0.15) is 0 Å². The molecule has 0 aliphatic heterocycles. The third-order valence-corrected chi connectivity index (χ3v) is 16.0. The molecule has 0 saturated heterocycles. The molecule has 57 heavy (non-hydrogen) atoms. The molecule has 0 radical (unpaired) electrons. The summed E-state index contributed by atoms with van der Waals surface area (Å²) in [6, 6.07) is 0. The Bertz CT molecular complexity index is 1070. The Balaban J connectivity index is 7.02. The second kappa shape index (κ2) is 22.0. The van der Waals surface area contributed by atoms with E-state index in [1.165, 1.54) is 0 Å². The van der Waals surface area contributed by atoms with E-state index >= 15 is 0 Å². The van der Waals surface area contributed by atoms with Gasteiger partial charge in [0.05, 0.1) is 0 Å². The molecule has 0 N–H and O–H groups in total. The van der Waals surface area contributed by atoms with Crippen molar-refractivity contribution in [1.82, 2.24) is 0 Å². The van der Waals surface area contributed by atoms with Crippen molar-refractivity contribution in [3.63, 3.8) is 0 Å². The number of carbonyl (C=O) groups excluding carboxylic acids is 4. The van der Waals surface area contributed by atoms with E-state index in [4.69, 9.17) is 12.3 Å². The van der Waals surface area contributed by atoms with Crippen molar-refractivity contribution < 1.29 is 31.5 Å². The van der Waals surface area contributed by atoms with E-state index < -0.39 is 65.6 Å². The molecule has 0 spiro atoms. The van der Waals surface area contributed by atoms with Crippen LogP contribution >= 0.6 is 0 Å². The molecule has 0 fully saturated rings. The Labute approximate surface area is 358 Å². The van der Waals surface area contributed by atoms with Crippen molar-refractivity contribution in [2.45, 2.75) is 241 Å².